The Bertz CT molecular complexity index is 423. The summed E-state index contributed by atoms with van der Waals surface area (Å²) < 4.78 is 4.95. The van der Waals surface area contributed by atoms with Gasteiger partial charge >= 0.3 is 0 Å². The Kier molecular flexibility index (Phi) is 5.75. The molecular weight excluding hydrogens is 238 g/mol. The lowest BCUT2D eigenvalue weighted by Gasteiger charge is -2.05. The highest BCUT2D eigenvalue weighted by Gasteiger charge is 2.04. The summed E-state index contributed by atoms with van der Waals surface area (Å²) >= 11 is 0. The van der Waals surface area contributed by atoms with Gasteiger partial charge in [0, 0.05) is 25.2 Å². The van der Waals surface area contributed by atoms with Gasteiger partial charge in [0.25, 0.3) is 5.69 Å². The lowest BCUT2D eigenvalue weighted by Crippen LogP contribution is -2.23. The zero-order chi connectivity index (χ0) is 13.4. The quantitative estimate of drug-likeness (QED) is 0.390. The van der Waals surface area contributed by atoms with E-state index < -0.39 is 10.8 Å². The number of hydrogen-bond acceptors (Lipinski definition) is 5. The Balaban J connectivity index is 2.25. The van der Waals surface area contributed by atoms with E-state index in [1.54, 1.807) is 12.1 Å². The number of carbonyl (C=O) groups excluding carboxylic acids is 1. The largest absolute Gasteiger partial charge is 0.370 e. The van der Waals surface area contributed by atoms with Crippen LogP contribution in [0.15, 0.2) is 24.3 Å². The monoisotopic (exact) mass is 253 g/mol. The Morgan fingerprint density at radius 2 is 2.28 bits per heavy atom. The molecular formula is C11H15N3O4. The van der Waals surface area contributed by atoms with Crippen molar-refractivity contribution < 1.29 is 14.5 Å². The Morgan fingerprint density at radius 1 is 1.50 bits per heavy atom. The average molecular weight is 253 g/mol. The van der Waals surface area contributed by atoms with Crippen LogP contribution < -0.4 is 11.1 Å². The van der Waals surface area contributed by atoms with Gasteiger partial charge in [0.1, 0.15) is 6.61 Å². The van der Waals surface area contributed by atoms with Crippen molar-refractivity contribution in [3.63, 3.8) is 0 Å². The van der Waals surface area contributed by atoms with Crippen molar-refractivity contribution >= 4 is 11.6 Å². The first-order chi connectivity index (χ1) is 8.59. The first kappa shape index (κ1) is 14.1. The number of carbonyl (C=O) groups is 1. The molecule has 1 aromatic carbocycles. The minimum atomic E-state index is -0.506. The average Bonchev–Trinajstić information content (AvgIpc) is 2.33. The zero-order valence-electron chi connectivity index (χ0n) is 9.80. The fourth-order valence-corrected chi connectivity index (χ4v) is 1.33. The van der Waals surface area contributed by atoms with E-state index in [0.717, 1.165) is 5.56 Å². The van der Waals surface area contributed by atoms with Crippen molar-refractivity contribution in [3.8, 4) is 0 Å². The molecule has 1 rings (SSSR count). The van der Waals surface area contributed by atoms with Crippen molar-refractivity contribution in [1.82, 2.24) is 5.32 Å². The molecule has 0 heterocycles. The minimum Gasteiger partial charge on any atom is -0.370 e. The molecule has 0 aliphatic rings. The van der Waals surface area contributed by atoms with E-state index in [1.807, 2.05) is 0 Å². The first-order valence-corrected chi connectivity index (χ1v) is 5.39. The van der Waals surface area contributed by atoms with E-state index in [4.69, 9.17) is 10.5 Å². The molecule has 0 aliphatic carbocycles. The van der Waals surface area contributed by atoms with E-state index in [2.05, 4.69) is 5.32 Å². The number of rotatable bonds is 8. The van der Waals surface area contributed by atoms with Crippen LogP contribution >= 0.6 is 0 Å². The summed E-state index contributed by atoms with van der Waals surface area (Å²) in [6, 6.07) is 6.39. The van der Waals surface area contributed by atoms with E-state index in [0.29, 0.717) is 19.7 Å². The lowest BCUT2D eigenvalue weighted by molar-refractivity contribution is -0.384. The fourth-order valence-electron chi connectivity index (χ4n) is 1.33. The molecule has 7 heteroatoms. The number of nitrogens with zero attached hydrogens (tertiary/aromatic N) is 1. The van der Waals surface area contributed by atoms with Gasteiger partial charge in [0.2, 0.25) is 5.91 Å². The van der Waals surface area contributed by atoms with Crippen LogP contribution in [0.25, 0.3) is 0 Å². The highest BCUT2D eigenvalue weighted by Crippen LogP contribution is 2.12. The van der Waals surface area contributed by atoms with Crippen molar-refractivity contribution in [2.45, 2.75) is 6.54 Å². The standard InChI is InChI=1S/C11H15N3O4/c12-11(15)8-18-5-4-13-7-9-2-1-3-10(6-9)14(16)17/h1-3,6,13H,4-5,7-8H2,(H2,12,15). The third kappa shape index (κ3) is 5.37. The van der Waals surface area contributed by atoms with E-state index in [9.17, 15) is 14.9 Å². The molecule has 18 heavy (non-hydrogen) atoms. The molecule has 98 valence electrons. The normalized spacial score (nSPS) is 10.2. The predicted octanol–water partition coefficient (Wildman–Crippen LogP) is 0.186. The molecule has 1 aromatic rings. The Hall–Kier alpha value is -1.99. The highest BCUT2D eigenvalue weighted by atomic mass is 16.6. The van der Waals surface area contributed by atoms with Crippen LogP contribution in [0.1, 0.15) is 5.56 Å². The molecule has 1 amide bonds. The molecule has 0 spiro atoms. The minimum absolute atomic E-state index is 0.0688. The van der Waals surface area contributed by atoms with E-state index in [-0.39, 0.29) is 12.3 Å². The number of benzene rings is 1. The molecule has 0 aromatic heterocycles. The molecule has 3 N–H and O–H groups in total. The number of nitro benzene ring substituents is 1. The van der Waals surface area contributed by atoms with Gasteiger partial charge in [-0.15, -0.1) is 0 Å². The third-order valence-electron chi connectivity index (χ3n) is 2.12. The van der Waals surface area contributed by atoms with Gasteiger partial charge in [-0.25, -0.2) is 0 Å². The summed E-state index contributed by atoms with van der Waals surface area (Å²) in [6.07, 6.45) is 0. The van der Waals surface area contributed by atoms with Gasteiger partial charge in [-0.1, -0.05) is 12.1 Å². The van der Waals surface area contributed by atoms with Gasteiger partial charge < -0.3 is 15.8 Å². The van der Waals surface area contributed by atoms with E-state index >= 15 is 0 Å². The number of ether oxygens (including phenoxy) is 1. The van der Waals surface area contributed by atoms with Gasteiger partial charge in [-0.05, 0) is 5.56 Å². The third-order valence-corrected chi connectivity index (χ3v) is 2.12. The second kappa shape index (κ2) is 7.36. The van der Waals surface area contributed by atoms with Crippen molar-refractivity contribution in [2.75, 3.05) is 19.8 Å². The number of nitrogens with one attached hydrogen (secondary N) is 1. The zero-order valence-corrected chi connectivity index (χ0v) is 9.80. The lowest BCUT2D eigenvalue weighted by atomic mass is 10.2. The van der Waals surface area contributed by atoms with Gasteiger partial charge in [-0.3, -0.25) is 14.9 Å². The van der Waals surface area contributed by atoms with Crippen LogP contribution in [0.4, 0.5) is 5.69 Å². The second-order valence-corrected chi connectivity index (χ2v) is 3.62. The van der Waals surface area contributed by atoms with Gasteiger partial charge in [0.05, 0.1) is 11.5 Å². The van der Waals surface area contributed by atoms with Crippen LogP contribution in [-0.4, -0.2) is 30.6 Å². The summed E-state index contributed by atoms with van der Waals surface area (Å²) in [5.41, 5.74) is 5.78. The number of non-ortho nitro benzene ring substituents is 1. The molecule has 0 radical (unpaired) electrons. The van der Waals surface area contributed by atoms with Crippen molar-refractivity contribution in [3.05, 3.63) is 39.9 Å². The van der Waals surface area contributed by atoms with Crippen LogP contribution in [0.3, 0.4) is 0 Å². The summed E-state index contributed by atoms with van der Waals surface area (Å²) in [5, 5.41) is 13.6. The number of nitro groups is 1. The summed E-state index contributed by atoms with van der Waals surface area (Å²) in [7, 11) is 0. The topological polar surface area (TPSA) is 107 Å². The number of amides is 1. The highest BCUT2D eigenvalue weighted by molar-refractivity contribution is 5.74. The summed E-state index contributed by atoms with van der Waals surface area (Å²) in [6.45, 7) is 1.30. The van der Waals surface area contributed by atoms with Crippen LogP contribution in [0.2, 0.25) is 0 Å². The fraction of sp³-hybridized carbons (Fsp3) is 0.364. The molecule has 0 fully saturated rings. The SMILES string of the molecule is NC(=O)COCCNCc1cccc([N+](=O)[O-])c1. The summed E-state index contributed by atoms with van der Waals surface area (Å²) in [5.74, 6) is -0.506. The van der Waals surface area contributed by atoms with Crippen LogP contribution in [-0.2, 0) is 16.1 Å². The predicted molar refractivity (Wildman–Crippen MR) is 64.8 cm³/mol. The molecule has 0 saturated heterocycles. The van der Waals surface area contributed by atoms with Gasteiger partial charge in [0.15, 0.2) is 0 Å². The van der Waals surface area contributed by atoms with Gasteiger partial charge in [-0.2, -0.15) is 0 Å². The maximum Gasteiger partial charge on any atom is 0.269 e. The Morgan fingerprint density at radius 3 is 2.94 bits per heavy atom. The summed E-state index contributed by atoms with van der Waals surface area (Å²) in [4.78, 5) is 20.5. The smallest absolute Gasteiger partial charge is 0.269 e. The van der Waals surface area contributed by atoms with E-state index in [1.165, 1.54) is 12.1 Å². The van der Waals surface area contributed by atoms with Crippen LogP contribution in [0, 0.1) is 10.1 Å². The molecule has 0 unspecified atom stereocenters. The Labute approximate surface area is 104 Å². The van der Waals surface area contributed by atoms with Crippen LogP contribution in [0.5, 0.6) is 0 Å². The molecule has 7 nitrogen and oxygen atoms in total. The number of hydrogen-bond donors (Lipinski definition) is 2. The second-order valence-electron chi connectivity index (χ2n) is 3.62. The first-order valence-electron chi connectivity index (χ1n) is 5.39. The maximum absolute atomic E-state index is 10.6. The maximum atomic E-state index is 10.6. The molecule has 0 saturated carbocycles. The van der Waals surface area contributed by atoms with Crippen molar-refractivity contribution in [1.29, 1.82) is 0 Å². The van der Waals surface area contributed by atoms with Crippen molar-refractivity contribution in [2.24, 2.45) is 5.73 Å². The molecule has 0 aliphatic heterocycles. The molecule has 0 atom stereocenters. The number of nitrogens with two attached hydrogens (primary N) is 1. The number of primary amides is 1. The molecule has 0 bridgehead atoms.